The van der Waals surface area contributed by atoms with Crippen molar-refractivity contribution in [1.29, 1.82) is 0 Å². The molecule has 0 amide bonds. The number of unbranched alkanes of at least 4 members (excludes halogenated alkanes) is 1. The van der Waals surface area contributed by atoms with Gasteiger partial charge < -0.3 is 4.90 Å². The van der Waals surface area contributed by atoms with Gasteiger partial charge in [0.05, 0.1) is 0 Å². The molecule has 118 valence electrons. The Morgan fingerprint density at radius 2 is 2.19 bits per heavy atom. The fourth-order valence-corrected chi connectivity index (χ4v) is 3.56. The molecule has 0 radical (unpaired) electrons. The van der Waals surface area contributed by atoms with Crippen LogP contribution in [0.15, 0.2) is 0 Å². The van der Waals surface area contributed by atoms with Crippen LogP contribution in [0.5, 0.6) is 0 Å². The molecule has 1 atom stereocenters. The number of carbonyl (C=O) groups is 1. The van der Waals surface area contributed by atoms with Gasteiger partial charge in [-0.3, -0.25) is 4.79 Å². The molecule has 1 unspecified atom stereocenters. The van der Waals surface area contributed by atoms with Crippen LogP contribution in [0.25, 0.3) is 0 Å². The molecule has 0 bridgehead atoms. The standard InChI is InChI=1S/C14H19F3N2OS/c1-3-4-6-10(20)12-9(2)21-13(18-12)19-8-5-7-11(19)14(15,16)17/h11H,3-8H2,1-2H3. The Bertz CT molecular complexity index is 513. The highest BCUT2D eigenvalue weighted by molar-refractivity contribution is 7.15. The minimum absolute atomic E-state index is 0.0698. The van der Waals surface area contributed by atoms with Crippen molar-refractivity contribution in [2.45, 2.75) is 58.2 Å². The van der Waals surface area contributed by atoms with Gasteiger partial charge in [0.1, 0.15) is 11.7 Å². The van der Waals surface area contributed by atoms with Crippen molar-refractivity contribution in [3.05, 3.63) is 10.6 Å². The SMILES string of the molecule is CCCCC(=O)c1nc(N2CCCC2C(F)(F)F)sc1C. The number of anilines is 1. The zero-order valence-electron chi connectivity index (χ0n) is 12.2. The average Bonchev–Trinajstić information content (AvgIpc) is 3.01. The molecule has 3 nitrogen and oxygen atoms in total. The molecule has 21 heavy (non-hydrogen) atoms. The molecule has 0 aromatic carbocycles. The van der Waals surface area contributed by atoms with Crippen molar-refractivity contribution in [2.75, 3.05) is 11.4 Å². The highest BCUT2D eigenvalue weighted by Crippen LogP contribution is 2.38. The van der Waals surface area contributed by atoms with Crippen molar-refractivity contribution in [1.82, 2.24) is 4.98 Å². The van der Waals surface area contributed by atoms with E-state index in [1.54, 1.807) is 6.92 Å². The fourth-order valence-electron chi connectivity index (χ4n) is 2.56. The summed E-state index contributed by atoms with van der Waals surface area (Å²) in [6.07, 6.45) is -1.56. The molecule has 1 aromatic heterocycles. The molecule has 1 fully saturated rings. The summed E-state index contributed by atoms with van der Waals surface area (Å²) in [6.45, 7) is 4.09. The number of alkyl halides is 3. The smallest absolute Gasteiger partial charge is 0.336 e. The van der Waals surface area contributed by atoms with Gasteiger partial charge in [-0.15, -0.1) is 11.3 Å². The minimum Gasteiger partial charge on any atom is -0.336 e. The molecule has 2 rings (SSSR count). The van der Waals surface area contributed by atoms with Gasteiger partial charge in [0.15, 0.2) is 10.9 Å². The van der Waals surface area contributed by atoms with E-state index in [1.807, 2.05) is 6.92 Å². The molecular weight excluding hydrogens is 301 g/mol. The van der Waals surface area contributed by atoms with E-state index in [9.17, 15) is 18.0 Å². The molecule has 1 aliphatic heterocycles. The van der Waals surface area contributed by atoms with E-state index in [4.69, 9.17) is 0 Å². The molecule has 2 heterocycles. The molecule has 1 aliphatic rings. The lowest BCUT2D eigenvalue weighted by Gasteiger charge is -2.25. The number of hydrogen-bond donors (Lipinski definition) is 0. The third-order valence-electron chi connectivity index (χ3n) is 3.68. The number of ketones is 1. The summed E-state index contributed by atoms with van der Waals surface area (Å²) >= 11 is 1.19. The lowest BCUT2D eigenvalue weighted by Crippen LogP contribution is -2.41. The van der Waals surface area contributed by atoms with Gasteiger partial charge in [-0.05, 0) is 26.2 Å². The third-order valence-corrected chi connectivity index (χ3v) is 4.69. The number of aromatic nitrogens is 1. The Morgan fingerprint density at radius 1 is 1.48 bits per heavy atom. The quantitative estimate of drug-likeness (QED) is 0.756. The number of Topliss-reactive ketones (excluding diaryl/α,β-unsaturated/α-hetero) is 1. The van der Waals surface area contributed by atoms with Gasteiger partial charge in [0, 0.05) is 17.8 Å². The summed E-state index contributed by atoms with van der Waals surface area (Å²) in [7, 11) is 0. The molecule has 0 spiro atoms. The first-order valence-electron chi connectivity index (χ1n) is 7.18. The predicted octanol–water partition coefficient (Wildman–Crippen LogP) is 4.36. The Hall–Kier alpha value is -1.11. The zero-order valence-corrected chi connectivity index (χ0v) is 13.0. The highest BCUT2D eigenvalue weighted by Gasteiger charge is 2.47. The van der Waals surface area contributed by atoms with Crippen LogP contribution in [0.4, 0.5) is 18.3 Å². The van der Waals surface area contributed by atoms with E-state index in [1.165, 1.54) is 16.2 Å². The van der Waals surface area contributed by atoms with Gasteiger partial charge in [-0.25, -0.2) is 4.98 Å². The first-order valence-corrected chi connectivity index (χ1v) is 8.00. The number of aryl methyl sites for hydroxylation is 1. The van der Waals surface area contributed by atoms with Gasteiger partial charge in [0.25, 0.3) is 0 Å². The van der Waals surface area contributed by atoms with Gasteiger partial charge in [0.2, 0.25) is 0 Å². The minimum atomic E-state index is -4.25. The van der Waals surface area contributed by atoms with E-state index in [0.717, 1.165) is 12.8 Å². The van der Waals surface area contributed by atoms with E-state index in [0.29, 0.717) is 35.1 Å². The van der Waals surface area contributed by atoms with Crippen LogP contribution in [0, 0.1) is 6.92 Å². The largest absolute Gasteiger partial charge is 0.408 e. The lowest BCUT2D eigenvalue weighted by atomic mass is 10.1. The number of nitrogens with zero attached hydrogens (tertiary/aromatic N) is 2. The summed E-state index contributed by atoms with van der Waals surface area (Å²) < 4.78 is 39.0. The number of thiazole rings is 1. The second-order valence-corrected chi connectivity index (χ2v) is 6.50. The first kappa shape index (κ1) is 16.3. The lowest BCUT2D eigenvalue weighted by molar-refractivity contribution is -0.145. The van der Waals surface area contributed by atoms with Crippen molar-refractivity contribution in [2.24, 2.45) is 0 Å². The van der Waals surface area contributed by atoms with Crippen molar-refractivity contribution < 1.29 is 18.0 Å². The molecule has 1 aromatic rings. The monoisotopic (exact) mass is 320 g/mol. The van der Waals surface area contributed by atoms with Crippen LogP contribution in [-0.2, 0) is 0 Å². The van der Waals surface area contributed by atoms with Gasteiger partial charge >= 0.3 is 6.18 Å². The van der Waals surface area contributed by atoms with Gasteiger partial charge in [-0.1, -0.05) is 13.3 Å². The molecular formula is C14H19F3N2OS. The summed E-state index contributed by atoms with van der Waals surface area (Å²) in [4.78, 5) is 18.2. The van der Waals surface area contributed by atoms with Crippen molar-refractivity contribution in [3.8, 4) is 0 Å². The van der Waals surface area contributed by atoms with Crippen LogP contribution in [-0.4, -0.2) is 29.5 Å². The van der Waals surface area contributed by atoms with E-state index in [-0.39, 0.29) is 12.2 Å². The second-order valence-electron chi connectivity index (χ2n) is 5.32. The summed E-state index contributed by atoms with van der Waals surface area (Å²) in [6, 6.07) is -1.47. The normalized spacial score (nSPS) is 19.3. The molecule has 0 N–H and O–H groups in total. The Balaban J connectivity index is 2.20. The van der Waals surface area contributed by atoms with E-state index >= 15 is 0 Å². The van der Waals surface area contributed by atoms with Crippen molar-refractivity contribution >= 4 is 22.3 Å². The number of rotatable bonds is 5. The molecule has 7 heteroatoms. The molecule has 1 saturated heterocycles. The Labute approximate surface area is 126 Å². The Kier molecular flexibility index (Phi) is 4.91. The van der Waals surface area contributed by atoms with Crippen LogP contribution in [0.1, 0.15) is 54.4 Å². The average molecular weight is 320 g/mol. The highest BCUT2D eigenvalue weighted by atomic mass is 32.1. The van der Waals surface area contributed by atoms with Crippen LogP contribution in [0.2, 0.25) is 0 Å². The maximum absolute atomic E-state index is 13.0. The summed E-state index contributed by atoms with van der Waals surface area (Å²) in [5.41, 5.74) is 0.344. The number of halogens is 3. The van der Waals surface area contributed by atoms with E-state index < -0.39 is 12.2 Å². The number of carbonyl (C=O) groups excluding carboxylic acids is 1. The summed E-state index contributed by atoms with van der Waals surface area (Å²) in [5, 5.41) is 0.326. The third kappa shape index (κ3) is 3.56. The van der Waals surface area contributed by atoms with Crippen LogP contribution in [0.3, 0.4) is 0 Å². The predicted molar refractivity (Wildman–Crippen MR) is 77.1 cm³/mol. The first-order chi connectivity index (χ1) is 9.84. The maximum Gasteiger partial charge on any atom is 0.408 e. The maximum atomic E-state index is 13.0. The van der Waals surface area contributed by atoms with Crippen LogP contribution < -0.4 is 4.90 Å². The zero-order chi connectivity index (χ0) is 15.6. The summed E-state index contributed by atoms with van der Waals surface area (Å²) in [5.74, 6) is -0.0698. The Morgan fingerprint density at radius 3 is 2.81 bits per heavy atom. The van der Waals surface area contributed by atoms with E-state index in [2.05, 4.69) is 4.98 Å². The van der Waals surface area contributed by atoms with Crippen molar-refractivity contribution in [3.63, 3.8) is 0 Å². The fraction of sp³-hybridized carbons (Fsp3) is 0.714. The van der Waals surface area contributed by atoms with Crippen LogP contribution >= 0.6 is 11.3 Å². The topological polar surface area (TPSA) is 33.2 Å². The van der Waals surface area contributed by atoms with Gasteiger partial charge in [-0.2, -0.15) is 13.2 Å². The molecule has 0 saturated carbocycles. The number of hydrogen-bond acceptors (Lipinski definition) is 4. The second kappa shape index (κ2) is 6.34. The molecule has 0 aliphatic carbocycles.